The highest BCUT2D eigenvalue weighted by Gasteiger charge is 2.16. The molecule has 0 aliphatic heterocycles. The molecular formula is C32H32OS. The van der Waals surface area contributed by atoms with Crippen molar-refractivity contribution in [2.75, 3.05) is 0 Å². The van der Waals surface area contributed by atoms with Gasteiger partial charge in [0, 0.05) is 26.3 Å². The smallest absolute Gasteiger partial charge is 0.138 e. The van der Waals surface area contributed by atoms with Crippen LogP contribution in [0.3, 0.4) is 0 Å². The molecule has 1 aliphatic rings. The predicted octanol–water partition coefficient (Wildman–Crippen LogP) is 9.94. The van der Waals surface area contributed by atoms with Crippen molar-refractivity contribution in [1.82, 2.24) is 0 Å². The lowest BCUT2D eigenvalue weighted by molar-refractivity contribution is 0.512. The van der Waals surface area contributed by atoms with Gasteiger partial charge in [-0.25, -0.2) is 0 Å². The zero-order valence-electron chi connectivity index (χ0n) is 20.0. The first-order valence-corrected chi connectivity index (χ1v) is 13.1. The fourth-order valence-corrected chi connectivity index (χ4v) is 5.85. The summed E-state index contributed by atoms with van der Waals surface area (Å²) < 4.78 is 6.11. The molecule has 2 heteroatoms. The number of hydrogen-bond donors (Lipinski definition) is 0. The molecule has 0 N–H and O–H groups in total. The van der Waals surface area contributed by atoms with Gasteiger partial charge >= 0.3 is 0 Å². The zero-order chi connectivity index (χ0) is 23.5. The predicted molar refractivity (Wildman–Crippen MR) is 146 cm³/mol. The normalized spacial score (nSPS) is 14.0. The minimum absolute atomic E-state index is 0.866. The molecule has 1 saturated carbocycles. The van der Waals surface area contributed by atoms with Crippen molar-refractivity contribution in [2.45, 2.75) is 55.2 Å². The van der Waals surface area contributed by atoms with Crippen LogP contribution >= 0.6 is 11.8 Å². The quantitative estimate of drug-likeness (QED) is 0.257. The largest absolute Gasteiger partial charge is 0.456 e. The Hall–Kier alpha value is -2.97. The minimum Gasteiger partial charge on any atom is -0.456 e. The van der Waals surface area contributed by atoms with E-state index in [-0.39, 0.29) is 0 Å². The molecule has 5 rings (SSSR count). The summed E-state index contributed by atoms with van der Waals surface area (Å²) in [7, 11) is 0. The number of allylic oxidation sites excluding steroid dienone is 1. The molecule has 0 bridgehead atoms. The van der Waals surface area contributed by atoms with E-state index in [0.29, 0.717) is 0 Å². The Morgan fingerprint density at radius 2 is 1.47 bits per heavy atom. The van der Waals surface area contributed by atoms with Gasteiger partial charge < -0.3 is 4.42 Å². The molecule has 1 nitrogen and oxygen atoms in total. The molecule has 0 radical (unpaired) electrons. The molecule has 1 aromatic heterocycles. The Labute approximate surface area is 207 Å². The van der Waals surface area contributed by atoms with Crippen LogP contribution in [0.4, 0.5) is 0 Å². The summed E-state index contributed by atoms with van der Waals surface area (Å²) in [5.41, 5.74) is 6.60. The molecule has 172 valence electrons. The summed E-state index contributed by atoms with van der Waals surface area (Å²) in [5.74, 6) is 1.78. The second kappa shape index (κ2) is 10.1. The van der Waals surface area contributed by atoms with Gasteiger partial charge in [0.05, 0.1) is 0 Å². The van der Waals surface area contributed by atoms with Crippen molar-refractivity contribution < 1.29 is 4.42 Å². The van der Waals surface area contributed by atoms with Crippen LogP contribution < -0.4 is 0 Å². The highest BCUT2D eigenvalue weighted by Crippen LogP contribution is 2.35. The van der Waals surface area contributed by atoms with Gasteiger partial charge in [-0.05, 0) is 72.7 Å². The van der Waals surface area contributed by atoms with E-state index in [2.05, 4.69) is 74.7 Å². The van der Waals surface area contributed by atoms with E-state index >= 15 is 0 Å². The second-order valence-corrected chi connectivity index (χ2v) is 10.6. The number of hydrogen-bond acceptors (Lipinski definition) is 2. The van der Waals surface area contributed by atoms with Crippen LogP contribution in [-0.2, 0) is 0 Å². The molecule has 3 aromatic carbocycles. The van der Waals surface area contributed by atoms with Crippen LogP contribution in [0.25, 0.3) is 22.1 Å². The lowest BCUT2D eigenvalue weighted by atomic mass is 9.95. The van der Waals surface area contributed by atoms with E-state index in [9.17, 15) is 0 Å². The summed E-state index contributed by atoms with van der Waals surface area (Å²) in [5, 5.41) is 1.15. The molecule has 1 aliphatic carbocycles. The van der Waals surface area contributed by atoms with Crippen molar-refractivity contribution in [3.05, 3.63) is 108 Å². The molecule has 4 aromatic rings. The number of fused-ring (bicyclic) bond motifs is 1. The van der Waals surface area contributed by atoms with Gasteiger partial charge in [-0.1, -0.05) is 93.1 Å². The maximum atomic E-state index is 6.11. The molecule has 34 heavy (non-hydrogen) atoms. The van der Waals surface area contributed by atoms with Gasteiger partial charge in [-0.2, -0.15) is 0 Å². The van der Waals surface area contributed by atoms with E-state index in [1.54, 1.807) is 11.8 Å². The van der Waals surface area contributed by atoms with E-state index in [1.807, 2.05) is 18.2 Å². The maximum absolute atomic E-state index is 6.11. The summed E-state index contributed by atoms with van der Waals surface area (Å²) >= 11 is 1.78. The van der Waals surface area contributed by atoms with Crippen molar-refractivity contribution in [1.29, 1.82) is 0 Å². The van der Waals surface area contributed by atoms with Gasteiger partial charge in [0.2, 0.25) is 0 Å². The third-order valence-corrected chi connectivity index (χ3v) is 8.16. The summed E-state index contributed by atoms with van der Waals surface area (Å²) in [6.45, 7) is 10.8. The third-order valence-electron chi connectivity index (χ3n) is 7.15. The first-order valence-electron chi connectivity index (χ1n) is 12.3. The highest BCUT2D eigenvalue weighted by molar-refractivity contribution is 7.99. The van der Waals surface area contributed by atoms with E-state index in [1.165, 1.54) is 53.0 Å². The molecular weight excluding hydrogens is 432 g/mol. The molecule has 0 atom stereocenters. The second-order valence-electron chi connectivity index (χ2n) is 9.47. The third kappa shape index (κ3) is 4.93. The molecule has 1 fully saturated rings. The van der Waals surface area contributed by atoms with Crippen molar-refractivity contribution in [3.8, 4) is 0 Å². The first kappa shape index (κ1) is 22.8. The van der Waals surface area contributed by atoms with Crippen LogP contribution in [0.5, 0.6) is 0 Å². The Morgan fingerprint density at radius 1 is 0.853 bits per heavy atom. The van der Waals surface area contributed by atoms with Gasteiger partial charge in [-0.15, -0.1) is 0 Å². The lowest BCUT2D eigenvalue weighted by Gasteiger charge is -2.11. The van der Waals surface area contributed by atoms with Crippen molar-refractivity contribution in [3.63, 3.8) is 0 Å². The standard InChI is InChI=1S/C32H32OS/c1-22(12-13-25-8-4-5-9-25)26-14-18-28(19-15-26)34-29-20-16-27(17-21-29)23(2)32-24(3)30-10-6-7-11-31(30)33-32/h6-7,10-11,14-21,25H,1-2,4-5,8-9,12-13H2,3H3. The van der Waals surface area contributed by atoms with Crippen LogP contribution in [0.1, 0.15) is 61.0 Å². The summed E-state index contributed by atoms with van der Waals surface area (Å²) in [6.07, 6.45) is 8.06. The molecule has 0 unspecified atom stereocenters. The Kier molecular flexibility index (Phi) is 6.78. The minimum atomic E-state index is 0.866. The van der Waals surface area contributed by atoms with E-state index in [4.69, 9.17) is 4.42 Å². The van der Waals surface area contributed by atoms with Crippen LogP contribution in [0.2, 0.25) is 0 Å². The average Bonchev–Trinajstić information content (AvgIpc) is 3.51. The maximum Gasteiger partial charge on any atom is 0.138 e. The van der Waals surface area contributed by atoms with Crippen LogP contribution in [-0.4, -0.2) is 0 Å². The summed E-state index contributed by atoms with van der Waals surface area (Å²) in [6, 6.07) is 25.6. The average molecular weight is 465 g/mol. The zero-order valence-corrected chi connectivity index (χ0v) is 20.8. The SMILES string of the molecule is C=C(CCC1CCCC1)c1ccc(Sc2ccc(C(=C)c3oc4ccccc4c3C)cc2)cc1. The van der Waals surface area contributed by atoms with Gasteiger partial charge in [0.1, 0.15) is 11.3 Å². The Bertz CT molecular complexity index is 1300. The van der Waals surface area contributed by atoms with Gasteiger partial charge in [0.15, 0.2) is 0 Å². The van der Waals surface area contributed by atoms with Crippen molar-refractivity contribution in [2.24, 2.45) is 5.92 Å². The lowest BCUT2D eigenvalue weighted by Crippen LogP contribution is -1.94. The molecule has 0 spiro atoms. The fraction of sp³-hybridized carbons (Fsp3) is 0.250. The Balaban J connectivity index is 1.22. The molecule has 0 amide bonds. The number of para-hydroxylation sites is 1. The van der Waals surface area contributed by atoms with Crippen molar-refractivity contribution >= 4 is 33.9 Å². The number of furan rings is 1. The van der Waals surface area contributed by atoms with E-state index in [0.717, 1.165) is 45.8 Å². The van der Waals surface area contributed by atoms with Crippen LogP contribution in [0.15, 0.2) is 100 Å². The molecule has 1 heterocycles. The van der Waals surface area contributed by atoms with Gasteiger partial charge in [-0.3, -0.25) is 0 Å². The Morgan fingerprint density at radius 3 is 2.12 bits per heavy atom. The molecule has 0 saturated heterocycles. The van der Waals surface area contributed by atoms with Gasteiger partial charge in [0.25, 0.3) is 0 Å². The summed E-state index contributed by atoms with van der Waals surface area (Å²) in [4.78, 5) is 2.46. The first-order chi connectivity index (χ1) is 16.6. The number of rotatable bonds is 8. The fourth-order valence-electron chi connectivity index (χ4n) is 5.03. The number of benzene rings is 3. The highest BCUT2D eigenvalue weighted by atomic mass is 32.2. The number of aryl methyl sites for hydroxylation is 1. The van der Waals surface area contributed by atoms with Crippen LogP contribution in [0, 0.1) is 12.8 Å². The van der Waals surface area contributed by atoms with E-state index < -0.39 is 0 Å². The monoisotopic (exact) mass is 464 g/mol. The topological polar surface area (TPSA) is 13.1 Å².